The van der Waals surface area contributed by atoms with Crippen molar-refractivity contribution in [2.24, 2.45) is 0 Å². The summed E-state index contributed by atoms with van der Waals surface area (Å²) in [4.78, 5) is 38.5. The van der Waals surface area contributed by atoms with Crippen LogP contribution >= 0.6 is 0 Å². The summed E-state index contributed by atoms with van der Waals surface area (Å²) in [5, 5.41) is 0. The molecule has 1 atom stereocenters. The van der Waals surface area contributed by atoms with E-state index in [0.717, 1.165) is 57.8 Å². The lowest BCUT2D eigenvalue weighted by atomic mass is 10.0. The molecule has 0 heterocycles. The van der Waals surface area contributed by atoms with Crippen molar-refractivity contribution in [3.63, 3.8) is 0 Å². The van der Waals surface area contributed by atoms with Crippen LogP contribution in [-0.2, 0) is 28.6 Å². The average Bonchev–Trinajstić information content (AvgIpc) is 3.49. The summed E-state index contributed by atoms with van der Waals surface area (Å²) in [6, 6.07) is 0. The smallest absolute Gasteiger partial charge is 0.306 e. The molecule has 0 saturated carbocycles. The van der Waals surface area contributed by atoms with E-state index in [-0.39, 0.29) is 31.1 Å². The van der Waals surface area contributed by atoms with Crippen molar-refractivity contribution in [3.8, 4) is 0 Å². The van der Waals surface area contributed by atoms with Crippen LogP contribution in [0.2, 0.25) is 0 Å². The topological polar surface area (TPSA) is 78.9 Å². The monoisotopic (exact) mass is 1170 g/mol. The second kappa shape index (κ2) is 72.9. The van der Waals surface area contributed by atoms with Crippen LogP contribution in [0, 0.1) is 0 Å². The summed E-state index contributed by atoms with van der Waals surface area (Å²) in [5.74, 6) is -0.817. The Hall–Kier alpha value is -1.59. The molecule has 83 heavy (non-hydrogen) atoms. The molecule has 0 saturated heterocycles. The van der Waals surface area contributed by atoms with Crippen LogP contribution in [0.5, 0.6) is 0 Å². The number of rotatable bonds is 73. The van der Waals surface area contributed by atoms with Crippen molar-refractivity contribution in [1.29, 1.82) is 0 Å². The quantitative estimate of drug-likeness (QED) is 0.0343. The summed E-state index contributed by atoms with van der Waals surface area (Å²) in [6.07, 6.45) is 87.4. The summed E-state index contributed by atoms with van der Waals surface area (Å²) >= 11 is 0. The van der Waals surface area contributed by atoms with Gasteiger partial charge < -0.3 is 14.2 Å². The molecule has 0 aliphatic heterocycles. The minimum atomic E-state index is -0.764. The van der Waals surface area contributed by atoms with E-state index in [0.29, 0.717) is 19.3 Å². The highest BCUT2D eigenvalue weighted by molar-refractivity contribution is 5.71. The lowest BCUT2D eigenvalue weighted by Crippen LogP contribution is -2.30. The van der Waals surface area contributed by atoms with Gasteiger partial charge in [-0.1, -0.05) is 419 Å². The van der Waals surface area contributed by atoms with E-state index in [1.165, 1.54) is 360 Å². The van der Waals surface area contributed by atoms with Gasteiger partial charge >= 0.3 is 17.9 Å². The van der Waals surface area contributed by atoms with Crippen molar-refractivity contribution in [2.45, 2.75) is 463 Å². The van der Waals surface area contributed by atoms with E-state index in [1.54, 1.807) is 0 Å². The fourth-order valence-electron chi connectivity index (χ4n) is 12.3. The Kier molecular flexibility index (Phi) is 71.5. The van der Waals surface area contributed by atoms with E-state index in [1.807, 2.05) is 0 Å². The van der Waals surface area contributed by atoms with Crippen LogP contribution in [0.25, 0.3) is 0 Å². The molecule has 0 aliphatic rings. The van der Waals surface area contributed by atoms with E-state index < -0.39 is 6.10 Å². The SMILES string of the molecule is CCCCCCCCCCCCCCCCCCCCCCCCCCCCCCCCCC(=O)OCC(COC(=O)CCCCCCCCCCCCCCC)OC(=O)CCCCCCCCCCCCCCCCCCCCCCC. The molecular weight excluding hydrogens is 1020 g/mol. The molecule has 0 aliphatic carbocycles. The first kappa shape index (κ1) is 81.4. The third-order valence-electron chi connectivity index (χ3n) is 18.1. The molecule has 0 aromatic rings. The van der Waals surface area contributed by atoms with Gasteiger partial charge in [0, 0.05) is 19.3 Å². The molecule has 0 fully saturated rings. The fraction of sp³-hybridized carbons (Fsp3) is 0.961. The predicted octanol–water partition coefficient (Wildman–Crippen LogP) is 26.6. The molecule has 6 nitrogen and oxygen atoms in total. The highest BCUT2D eigenvalue weighted by atomic mass is 16.6. The second-order valence-electron chi connectivity index (χ2n) is 26.6. The Morgan fingerprint density at radius 3 is 0.482 bits per heavy atom. The van der Waals surface area contributed by atoms with Crippen molar-refractivity contribution >= 4 is 17.9 Å². The van der Waals surface area contributed by atoms with E-state index in [4.69, 9.17) is 14.2 Å². The highest BCUT2D eigenvalue weighted by Gasteiger charge is 2.20. The zero-order chi connectivity index (χ0) is 59.9. The molecule has 0 amide bonds. The van der Waals surface area contributed by atoms with E-state index >= 15 is 0 Å². The number of hydrogen-bond acceptors (Lipinski definition) is 6. The number of carbonyl (C=O) groups excluding carboxylic acids is 3. The number of ether oxygens (including phenoxy) is 3. The van der Waals surface area contributed by atoms with Crippen molar-refractivity contribution < 1.29 is 28.6 Å². The minimum absolute atomic E-state index is 0.0600. The molecule has 0 N–H and O–H groups in total. The summed E-state index contributed by atoms with van der Waals surface area (Å²) in [6.45, 7) is 6.75. The molecule has 6 heteroatoms. The largest absolute Gasteiger partial charge is 0.462 e. The van der Waals surface area contributed by atoms with Crippen LogP contribution < -0.4 is 0 Å². The molecule has 0 bridgehead atoms. The zero-order valence-electron chi connectivity index (χ0n) is 57.0. The molecule has 0 aromatic heterocycles. The van der Waals surface area contributed by atoms with Gasteiger partial charge in [0.1, 0.15) is 13.2 Å². The van der Waals surface area contributed by atoms with Crippen molar-refractivity contribution in [3.05, 3.63) is 0 Å². The van der Waals surface area contributed by atoms with Crippen molar-refractivity contribution in [2.75, 3.05) is 13.2 Å². The zero-order valence-corrected chi connectivity index (χ0v) is 57.0. The maximum absolute atomic E-state index is 13.0. The Labute approximate surface area is 520 Å². The Morgan fingerprint density at radius 1 is 0.193 bits per heavy atom. The van der Waals surface area contributed by atoms with Gasteiger partial charge in [0.15, 0.2) is 6.10 Å². The second-order valence-corrected chi connectivity index (χ2v) is 26.6. The number of esters is 3. The minimum Gasteiger partial charge on any atom is -0.462 e. The lowest BCUT2D eigenvalue weighted by Gasteiger charge is -2.18. The first-order valence-corrected chi connectivity index (χ1v) is 38.5. The summed E-state index contributed by atoms with van der Waals surface area (Å²) in [7, 11) is 0. The normalized spacial score (nSPS) is 11.9. The third-order valence-corrected chi connectivity index (χ3v) is 18.1. The Bertz CT molecular complexity index is 1250. The van der Waals surface area contributed by atoms with Crippen LogP contribution in [0.15, 0.2) is 0 Å². The van der Waals surface area contributed by atoms with Gasteiger partial charge in [-0.2, -0.15) is 0 Å². The lowest BCUT2D eigenvalue weighted by molar-refractivity contribution is -0.167. The predicted molar refractivity (Wildman–Crippen MR) is 363 cm³/mol. The standard InChI is InChI=1S/C77H150O6/c1-4-7-10-13-16-19-22-25-27-29-31-33-34-35-36-37-38-39-40-41-42-44-45-47-49-52-55-58-61-64-67-70-76(79)82-73-74(72-81-75(78)69-66-63-60-57-54-51-24-21-18-15-12-9-6-3)83-77(80)71-68-65-62-59-56-53-50-48-46-43-32-30-28-26-23-20-17-14-11-8-5-2/h74H,4-73H2,1-3H3. The first-order valence-electron chi connectivity index (χ1n) is 38.5. The van der Waals surface area contributed by atoms with Gasteiger partial charge in [0.2, 0.25) is 0 Å². The first-order chi connectivity index (χ1) is 41.0. The maximum atomic E-state index is 13.0. The highest BCUT2D eigenvalue weighted by Crippen LogP contribution is 2.20. The van der Waals surface area contributed by atoms with Gasteiger partial charge in [-0.15, -0.1) is 0 Å². The molecule has 0 rings (SSSR count). The van der Waals surface area contributed by atoms with Crippen molar-refractivity contribution in [1.82, 2.24) is 0 Å². The Morgan fingerprint density at radius 2 is 0.325 bits per heavy atom. The summed E-state index contributed by atoms with van der Waals surface area (Å²) in [5.41, 5.74) is 0. The maximum Gasteiger partial charge on any atom is 0.306 e. The van der Waals surface area contributed by atoms with Crippen LogP contribution in [-0.4, -0.2) is 37.2 Å². The van der Waals surface area contributed by atoms with Gasteiger partial charge in [0.05, 0.1) is 0 Å². The van der Waals surface area contributed by atoms with Gasteiger partial charge in [-0.3, -0.25) is 14.4 Å². The van der Waals surface area contributed by atoms with E-state index in [2.05, 4.69) is 20.8 Å². The molecule has 0 radical (unpaired) electrons. The third kappa shape index (κ3) is 71.1. The number of carbonyl (C=O) groups is 3. The molecule has 494 valence electrons. The molecule has 0 spiro atoms. The number of hydrogen-bond donors (Lipinski definition) is 0. The van der Waals surface area contributed by atoms with Crippen LogP contribution in [0.4, 0.5) is 0 Å². The average molecular weight is 1170 g/mol. The van der Waals surface area contributed by atoms with E-state index in [9.17, 15) is 14.4 Å². The number of unbranched alkanes of at least 4 members (excludes halogenated alkanes) is 62. The van der Waals surface area contributed by atoms with Gasteiger partial charge in [-0.05, 0) is 19.3 Å². The fourth-order valence-corrected chi connectivity index (χ4v) is 12.3. The Balaban J connectivity index is 4.11. The van der Waals surface area contributed by atoms with Gasteiger partial charge in [0.25, 0.3) is 0 Å². The molecule has 1 unspecified atom stereocenters. The van der Waals surface area contributed by atoms with Crippen LogP contribution in [0.1, 0.15) is 457 Å². The molecule has 0 aromatic carbocycles. The van der Waals surface area contributed by atoms with Gasteiger partial charge in [-0.25, -0.2) is 0 Å². The summed E-state index contributed by atoms with van der Waals surface area (Å²) < 4.78 is 17.0. The van der Waals surface area contributed by atoms with Crippen LogP contribution in [0.3, 0.4) is 0 Å². The molecular formula is C77H150O6.